The highest BCUT2D eigenvalue weighted by Gasteiger charge is 2.26. The summed E-state index contributed by atoms with van der Waals surface area (Å²) in [5.41, 5.74) is 3.38. The molecule has 1 aromatic carbocycles. The van der Waals surface area contributed by atoms with E-state index in [9.17, 15) is 4.79 Å². The molecule has 1 saturated heterocycles. The van der Waals surface area contributed by atoms with Crippen LogP contribution >= 0.6 is 0 Å². The molecule has 1 aliphatic heterocycles. The minimum atomic E-state index is -0.239. The van der Waals surface area contributed by atoms with Gasteiger partial charge in [0.1, 0.15) is 17.8 Å². The molecular weight excluding hydrogens is 392 g/mol. The Morgan fingerprint density at radius 1 is 1.26 bits per heavy atom. The highest BCUT2D eigenvalue weighted by molar-refractivity contribution is 5.89. The van der Waals surface area contributed by atoms with Crippen molar-refractivity contribution in [2.75, 3.05) is 18.4 Å². The predicted octanol–water partition coefficient (Wildman–Crippen LogP) is 4.54. The SMILES string of the molecule is Cc1cc(C#N)ccc1Nc1ncnc2c1ccn2C1CCN(C(=O)OC(C)C)CC1. The summed E-state index contributed by atoms with van der Waals surface area (Å²) >= 11 is 0. The highest BCUT2D eigenvalue weighted by atomic mass is 16.6. The highest BCUT2D eigenvalue weighted by Crippen LogP contribution is 2.31. The zero-order valence-corrected chi connectivity index (χ0v) is 18.0. The number of anilines is 2. The summed E-state index contributed by atoms with van der Waals surface area (Å²) in [6.45, 7) is 7.01. The summed E-state index contributed by atoms with van der Waals surface area (Å²) in [4.78, 5) is 22.9. The smallest absolute Gasteiger partial charge is 0.410 e. The second-order valence-electron chi connectivity index (χ2n) is 8.10. The molecule has 3 heterocycles. The van der Waals surface area contributed by atoms with Gasteiger partial charge in [0.2, 0.25) is 0 Å². The Labute approximate surface area is 181 Å². The van der Waals surface area contributed by atoms with Gasteiger partial charge in [0.25, 0.3) is 0 Å². The molecule has 8 heteroatoms. The van der Waals surface area contributed by atoms with Gasteiger partial charge in [0.05, 0.1) is 23.1 Å². The van der Waals surface area contributed by atoms with Gasteiger partial charge in [0, 0.05) is 31.0 Å². The first-order valence-corrected chi connectivity index (χ1v) is 10.5. The zero-order chi connectivity index (χ0) is 22.0. The van der Waals surface area contributed by atoms with Crippen molar-refractivity contribution in [1.29, 1.82) is 5.26 Å². The first kappa shape index (κ1) is 20.7. The van der Waals surface area contributed by atoms with Crippen LogP contribution in [0.25, 0.3) is 11.0 Å². The number of ether oxygens (including phenoxy) is 1. The maximum Gasteiger partial charge on any atom is 0.410 e. The fourth-order valence-electron chi connectivity index (χ4n) is 3.97. The normalized spacial score (nSPS) is 14.6. The van der Waals surface area contributed by atoms with E-state index in [0.717, 1.165) is 40.9 Å². The van der Waals surface area contributed by atoms with Crippen LogP contribution in [0.15, 0.2) is 36.8 Å². The van der Waals surface area contributed by atoms with Crippen molar-refractivity contribution < 1.29 is 9.53 Å². The zero-order valence-electron chi connectivity index (χ0n) is 18.0. The van der Waals surface area contributed by atoms with E-state index >= 15 is 0 Å². The molecule has 0 aliphatic carbocycles. The molecule has 3 aromatic rings. The quantitative estimate of drug-likeness (QED) is 0.668. The fourth-order valence-corrected chi connectivity index (χ4v) is 3.97. The number of aromatic nitrogens is 3. The number of hydrogen-bond acceptors (Lipinski definition) is 6. The van der Waals surface area contributed by atoms with Crippen LogP contribution in [0, 0.1) is 18.3 Å². The van der Waals surface area contributed by atoms with E-state index in [2.05, 4.69) is 25.9 Å². The number of carbonyl (C=O) groups is 1. The van der Waals surface area contributed by atoms with Gasteiger partial charge in [-0.3, -0.25) is 0 Å². The number of nitrogens with one attached hydrogen (secondary N) is 1. The van der Waals surface area contributed by atoms with Gasteiger partial charge in [-0.05, 0) is 63.4 Å². The number of nitriles is 1. The van der Waals surface area contributed by atoms with Gasteiger partial charge in [-0.25, -0.2) is 14.8 Å². The van der Waals surface area contributed by atoms with Crippen molar-refractivity contribution in [3.05, 3.63) is 47.9 Å². The number of aryl methyl sites for hydroxylation is 1. The number of piperidine rings is 1. The van der Waals surface area contributed by atoms with E-state index in [4.69, 9.17) is 10.00 Å². The first-order valence-electron chi connectivity index (χ1n) is 10.5. The van der Waals surface area contributed by atoms with Gasteiger partial charge in [0.15, 0.2) is 0 Å². The van der Waals surface area contributed by atoms with E-state index in [0.29, 0.717) is 18.7 Å². The van der Waals surface area contributed by atoms with Crippen molar-refractivity contribution in [3.63, 3.8) is 0 Å². The minimum absolute atomic E-state index is 0.110. The number of fused-ring (bicyclic) bond motifs is 1. The van der Waals surface area contributed by atoms with Crippen molar-refractivity contribution in [2.24, 2.45) is 0 Å². The Kier molecular flexibility index (Phi) is 5.76. The maximum absolute atomic E-state index is 12.2. The summed E-state index contributed by atoms with van der Waals surface area (Å²) in [6, 6.07) is 9.98. The molecule has 1 N–H and O–H groups in total. The van der Waals surface area contributed by atoms with Crippen LogP contribution in [0.3, 0.4) is 0 Å². The molecule has 1 amide bonds. The number of amides is 1. The van der Waals surface area contributed by atoms with Gasteiger partial charge in [-0.1, -0.05) is 0 Å². The van der Waals surface area contributed by atoms with Crippen LogP contribution in [-0.4, -0.2) is 44.7 Å². The number of hydrogen-bond donors (Lipinski definition) is 1. The van der Waals surface area contributed by atoms with Crippen molar-refractivity contribution in [3.8, 4) is 6.07 Å². The van der Waals surface area contributed by atoms with Crippen molar-refractivity contribution in [2.45, 2.75) is 45.8 Å². The van der Waals surface area contributed by atoms with Gasteiger partial charge < -0.3 is 19.5 Å². The van der Waals surface area contributed by atoms with Gasteiger partial charge in [-0.15, -0.1) is 0 Å². The van der Waals surface area contributed by atoms with Gasteiger partial charge >= 0.3 is 6.09 Å². The Hall–Kier alpha value is -3.60. The molecule has 0 atom stereocenters. The lowest BCUT2D eigenvalue weighted by Gasteiger charge is -2.32. The Bertz CT molecular complexity index is 1140. The monoisotopic (exact) mass is 418 g/mol. The van der Waals surface area contributed by atoms with Crippen molar-refractivity contribution >= 4 is 28.6 Å². The molecule has 0 saturated carbocycles. The lowest BCUT2D eigenvalue weighted by molar-refractivity contribution is 0.0663. The lowest BCUT2D eigenvalue weighted by atomic mass is 10.1. The standard InChI is InChI=1S/C23H26N6O2/c1-15(2)31-23(30)28-9-6-18(7-10-28)29-11-8-19-21(25-14-26-22(19)29)27-20-5-4-17(13-24)12-16(20)3/h4-5,8,11-12,14-15,18H,6-7,9-10H2,1-3H3,(H,25,26,27). The van der Waals surface area contributed by atoms with Crippen LogP contribution in [0.5, 0.6) is 0 Å². The summed E-state index contributed by atoms with van der Waals surface area (Å²) in [5.74, 6) is 0.731. The van der Waals surface area contributed by atoms with E-state index in [1.54, 1.807) is 17.3 Å². The number of rotatable bonds is 4. The van der Waals surface area contributed by atoms with E-state index < -0.39 is 0 Å². The summed E-state index contributed by atoms with van der Waals surface area (Å²) in [6.07, 6.45) is 4.95. The molecule has 2 aromatic heterocycles. The summed E-state index contributed by atoms with van der Waals surface area (Å²) < 4.78 is 7.50. The number of nitrogens with zero attached hydrogens (tertiary/aromatic N) is 5. The molecule has 4 rings (SSSR count). The van der Waals surface area contributed by atoms with Crippen LogP contribution < -0.4 is 5.32 Å². The third-order valence-corrected chi connectivity index (χ3v) is 5.57. The van der Waals surface area contributed by atoms with Crippen molar-refractivity contribution in [1.82, 2.24) is 19.4 Å². The average Bonchev–Trinajstić information content (AvgIpc) is 3.20. The number of benzene rings is 1. The molecular formula is C23H26N6O2. The molecule has 1 fully saturated rings. The second-order valence-corrected chi connectivity index (χ2v) is 8.10. The summed E-state index contributed by atoms with van der Waals surface area (Å²) in [5, 5.41) is 13.4. The fraction of sp³-hybridized carbons (Fsp3) is 0.391. The minimum Gasteiger partial charge on any atom is -0.447 e. The molecule has 8 nitrogen and oxygen atoms in total. The Morgan fingerprint density at radius 3 is 2.71 bits per heavy atom. The number of likely N-dealkylation sites (tertiary alicyclic amines) is 1. The molecule has 0 spiro atoms. The first-order chi connectivity index (χ1) is 15.0. The summed E-state index contributed by atoms with van der Waals surface area (Å²) in [7, 11) is 0. The van der Waals surface area contributed by atoms with Gasteiger partial charge in [-0.2, -0.15) is 5.26 Å². The third kappa shape index (κ3) is 4.31. The third-order valence-electron chi connectivity index (χ3n) is 5.57. The lowest BCUT2D eigenvalue weighted by Crippen LogP contribution is -2.40. The Morgan fingerprint density at radius 2 is 2.03 bits per heavy atom. The number of carbonyl (C=O) groups excluding carboxylic acids is 1. The van der Waals surface area contributed by atoms with E-state index in [1.165, 1.54) is 0 Å². The predicted molar refractivity (Wildman–Crippen MR) is 118 cm³/mol. The topological polar surface area (TPSA) is 96.1 Å². The molecule has 160 valence electrons. The van der Waals surface area contributed by atoms with Crippen LogP contribution in [-0.2, 0) is 4.74 Å². The largest absolute Gasteiger partial charge is 0.447 e. The van der Waals surface area contributed by atoms with E-state index in [-0.39, 0.29) is 18.2 Å². The van der Waals surface area contributed by atoms with Crippen LogP contribution in [0.4, 0.5) is 16.3 Å². The second kappa shape index (κ2) is 8.64. The molecule has 0 radical (unpaired) electrons. The van der Waals surface area contributed by atoms with E-state index in [1.807, 2.05) is 45.2 Å². The molecule has 1 aliphatic rings. The van der Waals surface area contributed by atoms with Crippen LogP contribution in [0.2, 0.25) is 0 Å². The van der Waals surface area contributed by atoms with Crippen LogP contribution in [0.1, 0.15) is 43.9 Å². The molecule has 0 bridgehead atoms. The Balaban J connectivity index is 1.52. The average molecular weight is 419 g/mol. The molecule has 0 unspecified atom stereocenters. The molecule has 31 heavy (non-hydrogen) atoms. The maximum atomic E-state index is 12.2.